The Kier molecular flexibility index (Phi) is 7.37. The molecule has 0 spiro atoms. The molecule has 6 fully saturated rings. The van der Waals surface area contributed by atoms with Gasteiger partial charge >= 0.3 is 15.6 Å². The van der Waals surface area contributed by atoms with Crippen LogP contribution in [0.25, 0.3) is 0 Å². The first kappa shape index (κ1) is 29.2. The van der Waals surface area contributed by atoms with Crippen molar-refractivity contribution in [1.82, 2.24) is 0 Å². The Morgan fingerprint density at radius 3 is 1.90 bits per heavy atom. The van der Waals surface area contributed by atoms with Crippen LogP contribution in [0.1, 0.15) is 12.8 Å². The van der Waals surface area contributed by atoms with E-state index in [4.69, 9.17) is 41.8 Å². The molecule has 39 heavy (non-hydrogen) atoms. The van der Waals surface area contributed by atoms with Crippen LogP contribution in [0, 0.1) is 5.92 Å². The van der Waals surface area contributed by atoms with Crippen molar-refractivity contribution in [3.63, 3.8) is 0 Å². The number of aliphatic hydroxyl groups is 2. The molecule has 0 aromatic rings. The minimum atomic E-state index is -4.72. The number of phosphoric ester groups is 2. The van der Waals surface area contributed by atoms with Crippen molar-refractivity contribution >= 4 is 39.2 Å². The Balaban J connectivity index is 1.10. The topological polar surface area (TPSA) is 198 Å². The van der Waals surface area contributed by atoms with Gasteiger partial charge in [-0.1, -0.05) is 0 Å². The van der Waals surface area contributed by atoms with Gasteiger partial charge in [-0.25, -0.2) is 9.13 Å². The highest BCUT2D eigenvalue weighted by atomic mass is 31.2. The third-order valence-electron chi connectivity index (χ3n) is 9.01. The first-order valence-corrected chi connectivity index (χ1v) is 16.1. The Morgan fingerprint density at radius 1 is 0.795 bits per heavy atom. The number of ether oxygens (including phenoxy) is 5. The van der Waals surface area contributed by atoms with Gasteiger partial charge in [0.2, 0.25) is 0 Å². The summed E-state index contributed by atoms with van der Waals surface area (Å²) in [7, 11) is -4.21. The molecule has 0 aromatic carbocycles. The summed E-state index contributed by atoms with van der Waals surface area (Å²) in [6.07, 6.45) is -3.34. The van der Waals surface area contributed by atoms with E-state index in [2.05, 4.69) is 0 Å². The highest BCUT2D eigenvalue weighted by Crippen LogP contribution is 2.59. The molecule has 6 bridgehead atoms. The lowest BCUT2D eigenvalue weighted by Crippen LogP contribution is -2.46. The standard InChI is InChI=1S/C19H33B3O15P2/c20-14-8-1-2-17(33-14,6-31-39(27,28)37-13-10-16(22)34-18(13,3-23)4-30-10)12(8)36-38(25,26)32-7-19-5-29-9(11(19)24)15(21)35-19/h8-16,23-24H,1-7,20-22H2,(H,25,26)(H,27,28)/t8?,9?,10?,11?,12?,13?,14?,15?,16?,17-,18+,19-/m1/s1. The van der Waals surface area contributed by atoms with E-state index in [0.717, 1.165) is 0 Å². The van der Waals surface area contributed by atoms with E-state index >= 15 is 0 Å². The number of aliphatic hydroxyl groups excluding tert-OH is 2. The van der Waals surface area contributed by atoms with Gasteiger partial charge in [-0.2, -0.15) is 0 Å². The van der Waals surface area contributed by atoms with Gasteiger partial charge < -0.3 is 43.7 Å². The Hall–Kier alpha value is 0.135. The van der Waals surface area contributed by atoms with Crippen molar-refractivity contribution in [2.45, 2.75) is 78.2 Å². The van der Waals surface area contributed by atoms with Crippen molar-refractivity contribution in [2.24, 2.45) is 5.92 Å². The van der Waals surface area contributed by atoms with Gasteiger partial charge in [0.15, 0.2) is 0 Å². The molecule has 20 heteroatoms. The maximum atomic E-state index is 13.0. The SMILES string of the molecule is BC1O[C@@]2(COP(=O)(O)OC3C4OC[C@]3(CO)OC4B)CCC1C2OP(=O)(O)OC[C@@]12COC(C(B)O1)C2O. The van der Waals surface area contributed by atoms with Gasteiger partial charge in [0.1, 0.15) is 70.9 Å². The van der Waals surface area contributed by atoms with E-state index in [1.54, 1.807) is 23.5 Å². The minimum Gasteiger partial charge on any atom is -0.393 e. The second kappa shape index (κ2) is 9.83. The van der Waals surface area contributed by atoms with Crippen LogP contribution in [0.5, 0.6) is 0 Å². The monoisotopic (exact) mass is 596 g/mol. The summed E-state index contributed by atoms with van der Waals surface area (Å²) in [5.41, 5.74) is -3.86. The molecule has 14 atom stereocenters. The van der Waals surface area contributed by atoms with Crippen LogP contribution in [-0.4, -0.2) is 142 Å². The highest BCUT2D eigenvalue weighted by Gasteiger charge is 2.65. The second-order valence-electron chi connectivity index (χ2n) is 11.6. The highest BCUT2D eigenvalue weighted by molar-refractivity contribution is 7.47. The van der Waals surface area contributed by atoms with Gasteiger partial charge in [0.25, 0.3) is 0 Å². The van der Waals surface area contributed by atoms with Crippen LogP contribution < -0.4 is 0 Å². The second-order valence-corrected chi connectivity index (χ2v) is 14.4. The average Bonchev–Trinajstić information content (AvgIpc) is 3.65. The Labute approximate surface area is 227 Å². The molecule has 1 aliphatic carbocycles. The molecule has 6 rings (SSSR count). The number of fused-ring (bicyclic) bond motifs is 6. The van der Waals surface area contributed by atoms with Gasteiger partial charge in [0, 0.05) is 11.9 Å². The lowest BCUT2D eigenvalue weighted by atomic mass is 9.86. The predicted molar refractivity (Wildman–Crippen MR) is 135 cm³/mol. The normalized spacial score (nSPS) is 52.9. The summed E-state index contributed by atoms with van der Waals surface area (Å²) in [5, 5.41) is 20.3. The molecule has 4 N–H and O–H groups in total. The van der Waals surface area contributed by atoms with E-state index < -0.39 is 94.8 Å². The molecule has 5 saturated heterocycles. The van der Waals surface area contributed by atoms with Crippen LogP contribution in [0.4, 0.5) is 0 Å². The van der Waals surface area contributed by atoms with E-state index in [0.29, 0.717) is 12.8 Å². The molecule has 0 amide bonds. The average molecular weight is 596 g/mol. The summed E-state index contributed by atoms with van der Waals surface area (Å²) < 4.78 is 76.2. The zero-order valence-corrected chi connectivity index (χ0v) is 23.6. The van der Waals surface area contributed by atoms with E-state index in [9.17, 15) is 29.1 Å². The first-order chi connectivity index (χ1) is 18.2. The fourth-order valence-corrected chi connectivity index (χ4v) is 9.13. The molecular weight excluding hydrogens is 563 g/mol. The Morgan fingerprint density at radius 2 is 1.33 bits per heavy atom. The molecule has 15 nitrogen and oxygen atoms in total. The number of rotatable bonds is 11. The van der Waals surface area contributed by atoms with Crippen molar-refractivity contribution < 1.29 is 70.9 Å². The van der Waals surface area contributed by atoms with Crippen LogP contribution in [0.3, 0.4) is 0 Å². The third-order valence-corrected chi connectivity index (χ3v) is 10.9. The Bertz CT molecular complexity index is 1080. The summed E-state index contributed by atoms with van der Waals surface area (Å²) in [6, 6.07) is -1.25. The van der Waals surface area contributed by atoms with Gasteiger partial charge in [0.05, 0.1) is 45.0 Å². The summed E-state index contributed by atoms with van der Waals surface area (Å²) in [4.78, 5) is 21.2. The van der Waals surface area contributed by atoms with Crippen LogP contribution in [-0.2, 0) is 50.9 Å². The fraction of sp³-hybridized carbons (Fsp3) is 1.00. The molecular formula is C19H33B3O15P2. The number of phosphoric acid groups is 2. The molecule has 5 aliphatic heterocycles. The third kappa shape index (κ3) is 4.77. The van der Waals surface area contributed by atoms with E-state index in [1.165, 1.54) is 0 Å². The van der Waals surface area contributed by atoms with Gasteiger partial charge in [-0.15, -0.1) is 0 Å². The van der Waals surface area contributed by atoms with Crippen molar-refractivity contribution in [1.29, 1.82) is 0 Å². The van der Waals surface area contributed by atoms with Crippen molar-refractivity contribution in [2.75, 3.05) is 33.0 Å². The van der Waals surface area contributed by atoms with E-state index in [1.807, 2.05) is 0 Å². The van der Waals surface area contributed by atoms with E-state index in [-0.39, 0.29) is 25.1 Å². The maximum absolute atomic E-state index is 13.0. The molecule has 0 radical (unpaired) electrons. The summed E-state index contributed by atoms with van der Waals surface area (Å²) >= 11 is 0. The van der Waals surface area contributed by atoms with Crippen molar-refractivity contribution in [3.8, 4) is 0 Å². The largest absolute Gasteiger partial charge is 0.472 e. The van der Waals surface area contributed by atoms with Crippen molar-refractivity contribution in [3.05, 3.63) is 0 Å². The molecule has 1 saturated carbocycles. The molecule has 5 heterocycles. The van der Waals surface area contributed by atoms with Crippen LogP contribution >= 0.6 is 15.6 Å². The lowest BCUT2D eigenvalue weighted by molar-refractivity contribution is -0.138. The molecule has 6 aliphatic rings. The molecule has 11 unspecified atom stereocenters. The molecule has 218 valence electrons. The summed E-state index contributed by atoms with van der Waals surface area (Å²) in [5.74, 6) is -0.298. The zero-order chi connectivity index (χ0) is 28.0. The van der Waals surface area contributed by atoms with Crippen LogP contribution in [0.15, 0.2) is 0 Å². The maximum Gasteiger partial charge on any atom is 0.472 e. The summed E-state index contributed by atoms with van der Waals surface area (Å²) in [6.45, 7) is -1.36. The zero-order valence-electron chi connectivity index (χ0n) is 21.8. The number of hydrogen-bond donors (Lipinski definition) is 4. The van der Waals surface area contributed by atoms with Crippen LogP contribution in [0.2, 0.25) is 0 Å². The van der Waals surface area contributed by atoms with Gasteiger partial charge in [-0.3, -0.25) is 18.1 Å². The lowest BCUT2D eigenvalue weighted by Gasteiger charge is -2.34. The fourth-order valence-electron chi connectivity index (χ4n) is 7.01. The molecule has 0 aromatic heterocycles. The quantitative estimate of drug-likeness (QED) is 0.132. The smallest absolute Gasteiger partial charge is 0.393 e. The first-order valence-electron chi connectivity index (χ1n) is 13.1. The van der Waals surface area contributed by atoms with Gasteiger partial charge in [-0.05, 0) is 12.8 Å². The predicted octanol–water partition coefficient (Wildman–Crippen LogP) is -4.26. The minimum absolute atomic E-state index is 0.00611. The number of hydrogen-bond acceptors (Lipinski definition) is 13.